The van der Waals surface area contributed by atoms with Crippen LogP contribution in [0.4, 0.5) is 5.69 Å². The van der Waals surface area contributed by atoms with E-state index in [-0.39, 0.29) is 0 Å². The van der Waals surface area contributed by atoms with Crippen molar-refractivity contribution in [2.75, 3.05) is 18.0 Å². The maximum atomic E-state index is 6.39. The number of aromatic nitrogens is 1. The van der Waals surface area contributed by atoms with Gasteiger partial charge in [0.05, 0.1) is 5.02 Å². The van der Waals surface area contributed by atoms with Gasteiger partial charge in [-0.1, -0.05) is 56.3 Å². The molecule has 0 aliphatic heterocycles. The molecule has 27 heavy (non-hydrogen) atoms. The minimum atomic E-state index is 0.489. The lowest BCUT2D eigenvalue weighted by Crippen LogP contribution is -2.24. The van der Waals surface area contributed by atoms with Crippen molar-refractivity contribution in [3.05, 3.63) is 66.0 Å². The van der Waals surface area contributed by atoms with Crippen molar-refractivity contribution < 1.29 is 4.42 Å². The summed E-state index contributed by atoms with van der Waals surface area (Å²) < 4.78 is 5.92. The third kappa shape index (κ3) is 4.25. The molecule has 0 fully saturated rings. The van der Waals surface area contributed by atoms with Crippen molar-refractivity contribution in [1.29, 1.82) is 0 Å². The Morgan fingerprint density at radius 3 is 2.30 bits per heavy atom. The van der Waals surface area contributed by atoms with Crippen molar-refractivity contribution in [3.8, 4) is 22.6 Å². The van der Waals surface area contributed by atoms with E-state index in [0.29, 0.717) is 16.7 Å². The summed E-state index contributed by atoms with van der Waals surface area (Å²) in [5.74, 6) is 1.16. The van der Waals surface area contributed by atoms with Crippen LogP contribution >= 0.6 is 11.6 Å². The average Bonchev–Trinajstić information content (AvgIpc) is 3.12. The summed E-state index contributed by atoms with van der Waals surface area (Å²) in [5, 5.41) is 0.638. The van der Waals surface area contributed by atoms with Crippen molar-refractivity contribution in [2.45, 2.75) is 26.7 Å². The third-order valence-electron chi connectivity index (χ3n) is 4.43. The van der Waals surface area contributed by atoms with E-state index in [1.54, 1.807) is 6.08 Å². The molecule has 0 saturated carbocycles. The zero-order chi connectivity index (χ0) is 19.2. The van der Waals surface area contributed by atoms with Crippen LogP contribution in [0.1, 0.15) is 32.6 Å². The molecule has 1 aromatic heterocycles. The van der Waals surface area contributed by atoms with E-state index in [1.807, 2.05) is 24.3 Å². The molecule has 0 atom stereocenters. The second kappa shape index (κ2) is 8.92. The Labute approximate surface area is 166 Å². The predicted molar refractivity (Wildman–Crippen MR) is 115 cm³/mol. The first kappa shape index (κ1) is 19.2. The SMILES string of the molecule is C=Cc1nc(-c2ccc(N(CCC)CCC)cc2)c(-c2ccccc2Cl)o1. The number of hydrogen-bond donors (Lipinski definition) is 0. The molecule has 3 rings (SSSR count). The molecular weight excluding hydrogens is 356 g/mol. The van der Waals surface area contributed by atoms with Crippen molar-refractivity contribution in [1.82, 2.24) is 4.98 Å². The number of benzene rings is 2. The van der Waals surface area contributed by atoms with Gasteiger partial charge in [0, 0.05) is 29.9 Å². The van der Waals surface area contributed by atoms with E-state index in [9.17, 15) is 0 Å². The van der Waals surface area contributed by atoms with Gasteiger partial charge in [0.25, 0.3) is 0 Å². The fourth-order valence-corrected chi connectivity index (χ4v) is 3.41. The van der Waals surface area contributed by atoms with Crippen LogP contribution in [0, 0.1) is 0 Å². The number of oxazole rings is 1. The van der Waals surface area contributed by atoms with Gasteiger partial charge >= 0.3 is 0 Å². The van der Waals surface area contributed by atoms with Gasteiger partial charge in [-0.25, -0.2) is 4.98 Å². The lowest BCUT2D eigenvalue weighted by Gasteiger charge is -2.23. The molecule has 0 N–H and O–H groups in total. The number of hydrogen-bond acceptors (Lipinski definition) is 3. The largest absolute Gasteiger partial charge is 0.436 e. The highest BCUT2D eigenvalue weighted by atomic mass is 35.5. The summed E-state index contributed by atoms with van der Waals surface area (Å²) in [5.41, 5.74) is 3.84. The van der Waals surface area contributed by atoms with Crippen molar-refractivity contribution in [2.24, 2.45) is 0 Å². The van der Waals surface area contributed by atoms with Gasteiger partial charge in [-0.05, 0) is 43.2 Å². The Hall–Kier alpha value is -2.52. The molecule has 1 heterocycles. The number of rotatable bonds is 8. The smallest absolute Gasteiger partial charge is 0.219 e. The predicted octanol–water partition coefficient (Wildman–Crippen LogP) is 6.93. The normalized spacial score (nSPS) is 10.8. The summed E-state index contributed by atoms with van der Waals surface area (Å²) in [4.78, 5) is 7.02. The van der Waals surface area contributed by atoms with Gasteiger partial charge in [0.1, 0.15) is 5.69 Å². The first-order chi connectivity index (χ1) is 13.2. The van der Waals surface area contributed by atoms with Gasteiger partial charge < -0.3 is 9.32 Å². The van der Waals surface area contributed by atoms with Crippen molar-refractivity contribution in [3.63, 3.8) is 0 Å². The molecule has 140 valence electrons. The maximum absolute atomic E-state index is 6.39. The molecule has 0 radical (unpaired) electrons. The van der Waals surface area contributed by atoms with Crippen LogP contribution in [0.25, 0.3) is 28.7 Å². The topological polar surface area (TPSA) is 29.3 Å². The van der Waals surface area contributed by atoms with E-state index in [1.165, 1.54) is 5.69 Å². The van der Waals surface area contributed by atoms with Gasteiger partial charge in [0.15, 0.2) is 5.76 Å². The van der Waals surface area contributed by atoms with Gasteiger partial charge in [-0.2, -0.15) is 0 Å². The second-order valence-electron chi connectivity index (χ2n) is 6.45. The zero-order valence-electron chi connectivity index (χ0n) is 15.9. The van der Waals surface area contributed by atoms with E-state index in [4.69, 9.17) is 16.0 Å². The van der Waals surface area contributed by atoms with Crippen LogP contribution in [-0.2, 0) is 0 Å². The standard InChI is InChI=1S/C23H25ClN2O/c1-4-15-26(16-5-2)18-13-11-17(12-14-18)22-23(27-21(6-3)25-22)19-9-7-8-10-20(19)24/h6-14H,3-5,15-16H2,1-2H3. The Bertz CT molecular complexity index is 893. The third-order valence-corrected chi connectivity index (χ3v) is 4.76. The highest BCUT2D eigenvalue weighted by molar-refractivity contribution is 6.33. The molecule has 0 spiro atoms. The molecule has 2 aromatic carbocycles. The Balaban J connectivity index is 2.00. The Morgan fingerprint density at radius 2 is 1.70 bits per heavy atom. The van der Waals surface area contributed by atoms with Crippen LogP contribution in [0.5, 0.6) is 0 Å². The van der Waals surface area contributed by atoms with Gasteiger partial charge in [-0.3, -0.25) is 0 Å². The number of anilines is 1. The minimum Gasteiger partial charge on any atom is -0.436 e. The average molecular weight is 381 g/mol. The van der Waals surface area contributed by atoms with Crippen LogP contribution in [-0.4, -0.2) is 18.1 Å². The van der Waals surface area contributed by atoms with Crippen LogP contribution in [0.15, 0.2) is 59.5 Å². The van der Waals surface area contributed by atoms with Crippen LogP contribution < -0.4 is 4.90 Å². The first-order valence-corrected chi connectivity index (χ1v) is 9.79. The summed E-state index contributed by atoms with van der Waals surface area (Å²) in [6.45, 7) is 10.3. The van der Waals surface area contributed by atoms with E-state index in [2.05, 4.69) is 54.6 Å². The lowest BCUT2D eigenvalue weighted by molar-refractivity contribution is 0.560. The van der Waals surface area contributed by atoms with Gasteiger partial charge in [0.2, 0.25) is 5.89 Å². The maximum Gasteiger partial charge on any atom is 0.219 e. The molecule has 0 amide bonds. The summed E-state index contributed by atoms with van der Waals surface area (Å²) in [6.07, 6.45) is 3.87. The fraction of sp³-hybridized carbons (Fsp3) is 0.261. The van der Waals surface area contributed by atoms with E-state index < -0.39 is 0 Å². The summed E-state index contributed by atoms with van der Waals surface area (Å²) in [6, 6.07) is 16.1. The molecular formula is C23H25ClN2O. The lowest BCUT2D eigenvalue weighted by atomic mass is 10.1. The summed E-state index contributed by atoms with van der Waals surface area (Å²) >= 11 is 6.39. The van der Waals surface area contributed by atoms with Crippen LogP contribution in [0.2, 0.25) is 5.02 Å². The first-order valence-electron chi connectivity index (χ1n) is 9.41. The van der Waals surface area contributed by atoms with E-state index >= 15 is 0 Å². The van der Waals surface area contributed by atoms with E-state index in [0.717, 1.165) is 42.8 Å². The van der Waals surface area contributed by atoms with Gasteiger partial charge in [-0.15, -0.1) is 0 Å². The molecule has 4 heteroatoms. The van der Waals surface area contributed by atoms with Crippen LogP contribution in [0.3, 0.4) is 0 Å². The Morgan fingerprint density at radius 1 is 1.04 bits per heavy atom. The summed E-state index contributed by atoms with van der Waals surface area (Å²) in [7, 11) is 0. The molecule has 0 saturated heterocycles. The molecule has 0 bridgehead atoms. The molecule has 3 nitrogen and oxygen atoms in total. The highest BCUT2D eigenvalue weighted by Gasteiger charge is 2.18. The number of halogens is 1. The highest BCUT2D eigenvalue weighted by Crippen LogP contribution is 2.37. The molecule has 0 unspecified atom stereocenters. The fourth-order valence-electron chi connectivity index (χ4n) is 3.19. The minimum absolute atomic E-state index is 0.489. The molecule has 3 aromatic rings. The second-order valence-corrected chi connectivity index (χ2v) is 6.85. The zero-order valence-corrected chi connectivity index (χ0v) is 16.7. The molecule has 0 aliphatic carbocycles. The number of nitrogens with zero attached hydrogens (tertiary/aromatic N) is 2. The quantitative estimate of drug-likeness (QED) is 0.424. The molecule has 0 aliphatic rings. The monoisotopic (exact) mass is 380 g/mol. The van der Waals surface area contributed by atoms with Crippen molar-refractivity contribution >= 4 is 23.4 Å². The Kier molecular flexibility index (Phi) is 6.36.